The molecule has 2 rings (SSSR count). The third-order valence-electron chi connectivity index (χ3n) is 2.82. The maximum Gasteiger partial charge on any atom is 0.324 e. The molecule has 0 aliphatic carbocycles. The largest absolute Gasteiger partial charge is 0.481 e. The molecule has 0 fully saturated rings. The molecule has 9 nitrogen and oxygen atoms in total. The second kappa shape index (κ2) is 6.64. The fourth-order valence-electron chi connectivity index (χ4n) is 1.73. The van der Waals surface area contributed by atoms with E-state index in [-0.39, 0.29) is 30.1 Å². The van der Waals surface area contributed by atoms with Crippen LogP contribution in [0.25, 0.3) is 11.4 Å². The Hall–Kier alpha value is -3.30. The summed E-state index contributed by atoms with van der Waals surface area (Å²) in [5.74, 6) is -1.82. The third-order valence-corrected chi connectivity index (χ3v) is 2.82. The van der Waals surface area contributed by atoms with Crippen LogP contribution < -0.4 is 16.5 Å². The van der Waals surface area contributed by atoms with E-state index in [1.165, 1.54) is 18.3 Å². The summed E-state index contributed by atoms with van der Waals surface area (Å²) in [6.07, 6.45) is 1.99. The molecule has 0 radical (unpaired) electrons. The fraction of sp³-hybridized carbons (Fsp3) is 0.154. The van der Waals surface area contributed by atoms with Gasteiger partial charge >= 0.3 is 12.0 Å². The number of nitrogens with zero attached hydrogens (tertiary/aromatic N) is 3. The van der Waals surface area contributed by atoms with Crippen molar-refractivity contribution in [2.75, 3.05) is 11.9 Å². The molecule has 0 aliphatic rings. The number of carboxylic acids is 1. The van der Waals surface area contributed by atoms with E-state index < -0.39 is 17.8 Å². The Morgan fingerprint density at radius 1 is 1.43 bits per heavy atom. The van der Waals surface area contributed by atoms with E-state index in [9.17, 15) is 14.0 Å². The van der Waals surface area contributed by atoms with E-state index in [1.807, 2.05) is 0 Å². The molecule has 0 saturated carbocycles. The lowest BCUT2D eigenvalue weighted by molar-refractivity contribution is -0.136. The number of carbonyl (C=O) groups excluding carboxylic acids is 1. The minimum absolute atomic E-state index is 0.00432. The summed E-state index contributed by atoms with van der Waals surface area (Å²) >= 11 is 0. The van der Waals surface area contributed by atoms with Crippen molar-refractivity contribution in [1.82, 2.24) is 14.5 Å². The van der Waals surface area contributed by atoms with Gasteiger partial charge in [0.2, 0.25) is 0 Å². The molecule has 2 aromatic heterocycles. The molecule has 0 aliphatic heterocycles. The van der Waals surface area contributed by atoms with Crippen molar-refractivity contribution in [3.8, 4) is 11.4 Å². The quantitative estimate of drug-likeness (QED) is 0.626. The summed E-state index contributed by atoms with van der Waals surface area (Å²) in [5.41, 5.74) is 5.37. The lowest BCUT2D eigenvalue weighted by Gasteiger charge is -2.08. The van der Waals surface area contributed by atoms with E-state index in [0.29, 0.717) is 5.56 Å². The van der Waals surface area contributed by atoms with Crippen LogP contribution in [0.1, 0.15) is 6.42 Å². The Kier molecular flexibility index (Phi) is 4.64. The molecule has 120 valence electrons. The number of pyridine rings is 1. The van der Waals surface area contributed by atoms with Crippen molar-refractivity contribution in [2.45, 2.75) is 6.42 Å². The van der Waals surface area contributed by atoms with E-state index >= 15 is 0 Å². The van der Waals surface area contributed by atoms with Crippen molar-refractivity contribution < 1.29 is 19.1 Å². The molecular weight excluding hydrogens is 307 g/mol. The lowest BCUT2D eigenvalue weighted by atomic mass is 10.2. The van der Waals surface area contributed by atoms with E-state index in [2.05, 4.69) is 15.3 Å². The standard InChI is InChI=1S/C13H13FN6O3/c14-8-5-18-11(19-12(8)17-4-3-10(21)22)7-1-2-9(15)20(6-7)13(16)23/h1-2,5-6,15H,3-4H2,(H2,16,23)(H,21,22)(H,17,18,19). The number of aliphatic carboxylic acids is 1. The number of primary amides is 1. The van der Waals surface area contributed by atoms with Gasteiger partial charge in [0.1, 0.15) is 5.49 Å². The summed E-state index contributed by atoms with van der Waals surface area (Å²) in [4.78, 5) is 29.5. The summed E-state index contributed by atoms with van der Waals surface area (Å²) in [6.45, 7) is -0.00432. The van der Waals surface area contributed by atoms with Crippen molar-refractivity contribution in [1.29, 1.82) is 5.41 Å². The average molecular weight is 320 g/mol. The van der Waals surface area contributed by atoms with Crippen LogP contribution >= 0.6 is 0 Å². The third kappa shape index (κ3) is 3.87. The number of amides is 1. The first-order valence-corrected chi connectivity index (χ1v) is 6.44. The van der Waals surface area contributed by atoms with Gasteiger partial charge in [0, 0.05) is 18.3 Å². The van der Waals surface area contributed by atoms with Crippen LogP contribution in [0.5, 0.6) is 0 Å². The maximum atomic E-state index is 13.6. The molecule has 2 heterocycles. The van der Waals surface area contributed by atoms with Crippen LogP contribution in [0.4, 0.5) is 15.0 Å². The normalized spacial score (nSPS) is 10.3. The zero-order valence-electron chi connectivity index (χ0n) is 11.8. The predicted molar refractivity (Wildman–Crippen MR) is 77.0 cm³/mol. The predicted octanol–water partition coefficient (Wildman–Crippen LogP) is 0.377. The van der Waals surface area contributed by atoms with Gasteiger partial charge in [-0.25, -0.2) is 19.2 Å². The molecule has 23 heavy (non-hydrogen) atoms. The van der Waals surface area contributed by atoms with Gasteiger partial charge < -0.3 is 16.2 Å². The van der Waals surface area contributed by atoms with Crippen LogP contribution in [0, 0.1) is 11.2 Å². The van der Waals surface area contributed by atoms with Gasteiger partial charge in [-0.05, 0) is 12.1 Å². The minimum atomic E-state index is -1.03. The molecular formula is C13H13FN6O3. The molecule has 0 saturated heterocycles. The zero-order chi connectivity index (χ0) is 17.0. The van der Waals surface area contributed by atoms with Crippen LogP contribution in [0.3, 0.4) is 0 Å². The van der Waals surface area contributed by atoms with E-state index in [4.69, 9.17) is 16.2 Å². The zero-order valence-corrected chi connectivity index (χ0v) is 11.8. The number of carboxylic acid groups (broad SMARTS) is 1. The summed E-state index contributed by atoms with van der Waals surface area (Å²) in [7, 11) is 0. The smallest absolute Gasteiger partial charge is 0.324 e. The monoisotopic (exact) mass is 320 g/mol. The lowest BCUT2D eigenvalue weighted by Crippen LogP contribution is -2.30. The van der Waals surface area contributed by atoms with Crippen LogP contribution in [-0.4, -0.2) is 38.2 Å². The number of nitrogens with one attached hydrogen (secondary N) is 2. The minimum Gasteiger partial charge on any atom is -0.481 e. The number of halogens is 1. The molecule has 0 unspecified atom stereocenters. The molecule has 5 N–H and O–H groups in total. The number of hydrogen-bond donors (Lipinski definition) is 4. The first-order valence-electron chi connectivity index (χ1n) is 6.44. The Bertz CT molecular complexity index is 820. The summed E-state index contributed by atoms with van der Waals surface area (Å²) < 4.78 is 14.5. The van der Waals surface area contributed by atoms with Gasteiger partial charge in [-0.15, -0.1) is 0 Å². The molecule has 2 aromatic rings. The van der Waals surface area contributed by atoms with Crippen molar-refractivity contribution in [3.05, 3.63) is 35.8 Å². The van der Waals surface area contributed by atoms with Gasteiger partial charge in [0.25, 0.3) is 0 Å². The van der Waals surface area contributed by atoms with Crippen LogP contribution in [-0.2, 0) is 4.79 Å². The van der Waals surface area contributed by atoms with Crippen molar-refractivity contribution in [3.63, 3.8) is 0 Å². The number of carbonyl (C=O) groups is 2. The summed E-state index contributed by atoms with van der Waals surface area (Å²) in [6, 6.07) is 1.96. The van der Waals surface area contributed by atoms with Crippen molar-refractivity contribution >= 4 is 17.8 Å². The number of nitrogens with two attached hydrogens (primary N) is 1. The Morgan fingerprint density at radius 3 is 2.83 bits per heavy atom. The van der Waals surface area contributed by atoms with Gasteiger partial charge in [-0.1, -0.05) is 0 Å². The highest BCUT2D eigenvalue weighted by Crippen LogP contribution is 2.17. The Morgan fingerprint density at radius 2 is 2.17 bits per heavy atom. The highest BCUT2D eigenvalue weighted by Gasteiger charge is 2.10. The first kappa shape index (κ1) is 16.1. The Balaban J connectivity index is 2.33. The molecule has 0 atom stereocenters. The highest BCUT2D eigenvalue weighted by molar-refractivity contribution is 5.75. The number of rotatable bonds is 5. The fourth-order valence-corrected chi connectivity index (χ4v) is 1.73. The van der Waals surface area contributed by atoms with Gasteiger partial charge in [-0.3, -0.25) is 14.8 Å². The molecule has 0 spiro atoms. The van der Waals surface area contributed by atoms with Gasteiger partial charge in [0.15, 0.2) is 17.5 Å². The molecule has 0 aromatic carbocycles. The van der Waals surface area contributed by atoms with Gasteiger partial charge in [-0.2, -0.15) is 0 Å². The van der Waals surface area contributed by atoms with E-state index in [0.717, 1.165) is 10.8 Å². The number of anilines is 1. The number of hydrogen-bond acceptors (Lipinski definition) is 6. The number of aromatic nitrogens is 3. The first-order chi connectivity index (χ1) is 10.9. The SMILES string of the molecule is N=c1ccc(-c2ncc(F)c(NCCC(=O)O)n2)cn1C(N)=O. The second-order valence-electron chi connectivity index (χ2n) is 4.47. The van der Waals surface area contributed by atoms with E-state index in [1.54, 1.807) is 0 Å². The molecule has 0 bridgehead atoms. The molecule has 10 heteroatoms. The van der Waals surface area contributed by atoms with Crippen LogP contribution in [0.2, 0.25) is 0 Å². The van der Waals surface area contributed by atoms with Crippen molar-refractivity contribution in [2.24, 2.45) is 5.73 Å². The molecule has 1 amide bonds. The topological polar surface area (TPSA) is 147 Å². The van der Waals surface area contributed by atoms with Gasteiger partial charge in [0.05, 0.1) is 12.6 Å². The second-order valence-corrected chi connectivity index (χ2v) is 4.47. The maximum absolute atomic E-state index is 13.6. The summed E-state index contributed by atoms with van der Waals surface area (Å²) in [5, 5.41) is 18.7. The Labute approximate surface area is 129 Å². The average Bonchev–Trinajstić information content (AvgIpc) is 2.49. The highest BCUT2D eigenvalue weighted by atomic mass is 19.1. The van der Waals surface area contributed by atoms with Crippen LogP contribution in [0.15, 0.2) is 24.5 Å².